The Labute approximate surface area is 163 Å². The Morgan fingerprint density at radius 2 is 1.50 bits per heavy atom. The van der Waals surface area contributed by atoms with Crippen LogP contribution in [0.4, 0.5) is 0 Å². The van der Waals surface area contributed by atoms with Crippen molar-refractivity contribution in [2.45, 2.75) is 97.4 Å². The second-order valence-corrected chi connectivity index (χ2v) is 26.1. The Morgan fingerprint density at radius 1 is 1.00 bits per heavy atom. The van der Waals surface area contributed by atoms with E-state index in [2.05, 4.69) is 39.3 Å². The smallest absolute Gasteiger partial charge is 0.344 e. The van der Waals surface area contributed by atoms with Gasteiger partial charge < -0.3 is 17.7 Å². The third-order valence-corrected chi connectivity index (χ3v) is 22.0. The van der Waals surface area contributed by atoms with E-state index in [9.17, 15) is 4.79 Å². The molecule has 0 heterocycles. The van der Waals surface area contributed by atoms with E-state index in [1.54, 1.807) is 7.11 Å². The van der Waals surface area contributed by atoms with Crippen LogP contribution in [0.5, 0.6) is 0 Å². The minimum Gasteiger partial charge on any atom is -0.462 e. The van der Waals surface area contributed by atoms with Gasteiger partial charge in [-0.2, -0.15) is 0 Å². The van der Waals surface area contributed by atoms with E-state index in [0.29, 0.717) is 0 Å². The average molecular weight is 421 g/mol. The van der Waals surface area contributed by atoms with Gasteiger partial charge in [-0.05, 0) is 71.4 Å². The van der Waals surface area contributed by atoms with Gasteiger partial charge in [-0.1, -0.05) is 13.8 Å². The summed E-state index contributed by atoms with van der Waals surface area (Å²) in [5, 5.41) is 0. The molecule has 1 fully saturated rings. The predicted molar refractivity (Wildman–Crippen MR) is 113 cm³/mol. The van der Waals surface area contributed by atoms with Crippen molar-refractivity contribution in [1.82, 2.24) is 0 Å². The molecule has 1 aliphatic rings. The maximum Gasteiger partial charge on any atom is 0.344 e. The number of ether oxygens (including phenoxy) is 1. The first-order valence-electron chi connectivity index (χ1n) is 9.97. The number of hydrogen-bond acceptors (Lipinski definition) is 5. The minimum atomic E-state index is -2.38. The Kier molecular flexibility index (Phi) is 8.75. The summed E-state index contributed by atoms with van der Waals surface area (Å²) in [5.74, 6) is -0.0799. The normalized spacial score (nSPS) is 25.4. The largest absolute Gasteiger partial charge is 0.462 e. The van der Waals surface area contributed by atoms with E-state index in [1.807, 2.05) is 13.8 Å². The molecule has 0 aromatic heterocycles. The fourth-order valence-electron chi connectivity index (χ4n) is 3.33. The number of esters is 1. The summed E-state index contributed by atoms with van der Waals surface area (Å²) in [4.78, 5) is 12.0. The summed E-state index contributed by atoms with van der Waals surface area (Å²) in [6.45, 7) is 17.3. The van der Waals surface area contributed by atoms with Crippen molar-refractivity contribution in [1.29, 1.82) is 0 Å². The molecule has 2 unspecified atom stereocenters. The zero-order chi connectivity index (χ0) is 20.2. The van der Waals surface area contributed by atoms with Crippen LogP contribution >= 0.6 is 0 Å². The Hall–Kier alpha value is 0.000649. The van der Waals surface area contributed by atoms with Gasteiger partial charge in [0.25, 0.3) is 0 Å². The first-order chi connectivity index (χ1) is 11.8. The van der Waals surface area contributed by atoms with Crippen molar-refractivity contribution >= 4 is 30.2 Å². The molecule has 0 aromatic carbocycles. The van der Waals surface area contributed by atoms with Crippen LogP contribution in [0.25, 0.3) is 0 Å². The van der Waals surface area contributed by atoms with E-state index in [0.717, 1.165) is 32.1 Å². The summed E-state index contributed by atoms with van der Waals surface area (Å²) in [5.41, 5.74) is 0. The van der Waals surface area contributed by atoms with Gasteiger partial charge in [0.2, 0.25) is 7.83 Å². The highest BCUT2D eigenvalue weighted by molar-refractivity contribution is 7.34. The maximum atomic E-state index is 12.0. The van der Waals surface area contributed by atoms with Gasteiger partial charge in [0.15, 0.2) is 8.32 Å². The van der Waals surface area contributed by atoms with Crippen LogP contribution in [0.1, 0.15) is 46.0 Å². The molecule has 8 heteroatoms. The molecular formula is C18H40O5Si3. The molecule has 0 radical (unpaired) electrons. The van der Waals surface area contributed by atoms with E-state index < -0.39 is 24.2 Å². The van der Waals surface area contributed by atoms with Gasteiger partial charge in [-0.25, -0.2) is 0 Å². The van der Waals surface area contributed by atoms with E-state index in [1.165, 1.54) is 0 Å². The second-order valence-electron chi connectivity index (χ2n) is 9.14. The molecule has 0 N–H and O–H groups in total. The van der Waals surface area contributed by atoms with Gasteiger partial charge in [0, 0.05) is 13.2 Å². The molecule has 0 saturated heterocycles. The van der Waals surface area contributed by atoms with Crippen molar-refractivity contribution in [3.05, 3.63) is 0 Å². The zero-order valence-electron chi connectivity index (χ0n) is 18.3. The van der Waals surface area contributed by atoms with Crippen molar-refractivity contribution < 1.29 is 22.5 Å². The van der Waals surface area contributed by atoms with Crippen LogP contribution in [-0.2, 0) is 22.5 Å². The predicted octanol–water partition coefficient (Wildman–Crippen LogP) is 4.76. The van der Waals surface area contributed by atoms with E-state index in [-0.39, 0.29) is 24.1 Å². The fourth-order valence-corrected chi connectivity index (χ4v) is 19.2. The number of hydrogen-bond donors (Lipinski definition) is 0. The highest BCUT2D eigenvalue weighted by atomic mass is 29.3. The molecule has 1 aliphatic carbocycles. The molecule has 0 aromatic rings. The lowest BCUT2D eigenvalue weighted by Gasteiger charge is -2.44. The van der Waals surface area contributed by atoms with Crippen LogP contribution in [0.2, 0.25) is 39.3 Å². The fraction of sp³-hybridized carbons (Fsp3) is 0.944. The number of rotatable bonds is 9. The van der Waals surface area contributed by atoms with Crippen molar-refractivity contribution in [3.63, 3.8) is 0 Å². The Morgan fingerprint density at radius 3 is 1.92 bits per heavy atom. The molecular weight excluding hydrogens is 380 g/mol. The first kappa shape index (κ1) is 24.0. The number of carbonyl (C=O) groups excluding carboxylic acids is 1. The molecule has 0 aliphatic heterocycles. The van der Waals surface area contributed by atoms with E-state index in [4.69, 9.17) is 17.7 Å². The monoisotopic (exact) mass is 420 g/mol. The van der Waals surface area contributed by atoms with E-state index >= 15 is 0 Å². The van der Waals surface area contributed by atoms with Gasteiger partial charge in [-0.15, -0.1) is 0 Å². The summed E-state index contributed by atoms with van der Waals surface area (Å²) >= 11 is 0. The molecule has 0 amide bonds. The standard InChI is InChI=1S/C18H40O5Si3/c1-10-15(2)18(19)21-16-11-13-17(14-12-16)22-26(9,20-3)25(7,8)23-24(4,5)6/h15-17H,10-14H2,1-9H3. The summed E-state index contributed by atoms with van der Waals surface area (Å²) in [6, 6.07) is 0. The summed E-state index contributed by atoms with van der Waals surface area (Å²) < 4.78 is 24.8. The molecule has 5 nitrogen and oxygen atoms in total. The molecule has 154 valence electrons. The molecule has 0 bridgehead atoms. The van der Waals surface area contributed by atoms with Crippen molar-refractivity contribution in [3.8, 4) is 0 Å². The topological polar surface area (TPSA) is 54.0 Å². The summed E-state index contributed by atoms with van der Waals surface area (Å²) in [7, 11) is -4.33. The third kappa shape index (κ3) is 6.87. The minimum absolute atomic E-state index is 0.0151. The lowest BCUT2D eigenvalue weighted by atomic mass is 9.95. The molecule has 0 spiro atoms. The van der Waals surface area contributed by atoms with Gasteiger partial charge >= 0.3 is 14.0 Å². The third-order valence-electron chi connectivity index (χ3n) is 5.35. The lowest BCUT2D eigenvalue weighted by Crippen LogP contribution is -2.66. The average Bonchev–Trinajstić information content (AvgIpc) is 2.53. The van der Waals surface area contributed by atoms with Gasteiger partial charge in [-0.3, -0.25) is 4.79 Å². The molecule has 1 saturated carbocycles. The Bertz CT molecular complexity index is 458. The molecule has 26 heavy (non-hydrogen) atoms. The van der Waals surface area contributed by atoms with Crippen LogP contribution < -0.4 is 0 Å². The zero-order valence-corrected chi connectivity index (χ0v) is 21.3. The molecule has 1 rings (SSSR count). The molecule has 2 atom stereocenters. The van der Waals surface area contributed by atoms with Gasteiger partial charge in [0.1, 0.15) is 6.10 Å². The van der Waals surface area contributed by atoms with Crippen LogP contribution in [0.3, 0.4) is 0 Å². The van der Waals surface area contributed by atoms with Crippen LogP contribution in [0.15, 0.2) is 0 Å². The summed E-state index contributed by atoms with van der Waals surface area (Å²) in [6.07, 6.45) is 4.63. The van der Waals surface area contributed by atoms with Crippen molar-refractivity contribution in [2.24, 2.45) is 5.92 Å². The Balaban J connectivity index is 2.62. The number of carbonyl (C=O) groups is 1. The first-order valence-corrected chi connectivity index (χ1v) is 19.6. The van der Waals surface area contributed by atoms with Gasteiger partial charge in [0.05, 0.1) is 5.92 Å². The second kappa shape index (κ2) is 9.47. The maximum absolute atomic E-state index is 12.0. The highest BCUT2D eigenvalue weighted by Crippen LogP contribution is 2.32. The van der Waals surface area contributed by atoms with Crippen molar-refractivity contribution in [2.75, 3.05) is 7.11 Å². The van der Waals surface area contributed by atoms with Crippen LogP contribution in [-0.4, -0.2) is 49.5 Å². The SMILES string of the molecule is CCC(C)C(=O)OC1CCC(O[Si](C)(OC)[Si](C)(C)O[Si](C)(C)C)CC1. The highest BCUT2D eigenvalue weighted by Gasteiger charge is 2.54. The van der Waals surface area contributed by atoms with Crippen LogP contribution in [0, 0.1) is 5.92 Å². The lowest BCUT2D eigenvalue weighted by molar-refractivity contribution is -0.156. The quantitative estimate of drug-likeness (QED) is 0.398.